The van der Waals surface area contributed by atoms with Crippen LogP contribution in [0.1, 0.15) is 22.5 Å². The topological polar surface area (TPSA) is 38.3 Å². The smallest absolute Gasteiger partial charge is 0.261 e. The van der Waals surface area contributed by atoms with Crippen LogP contribution in [0, 0.1) is 5.82 Å². The lowest BCUT2D eigenvalue weighted by Crippen LogP contribution is -2.23. The number of benzene rings is 1. The van der Waals surface area contributed by atoms with Crippen LogP contribution in [0.2, 0.25) is 0 Å². The summed E-state index contributed by atoms with van der Waals surface area (Å²) in [5, 5.41) is 2.86. The summed E-state index contributed by atoms with van der Waals surface area (Å²) in [6.07, 6.45) is 1.66. The molecule has 1 N–H and O–H groups in total. The zero-order valence-corrected chi connectivity index (χ0v) is 13.7. The summed E-state index contributed by atoms with van der Waals surface area (Å²) in [5.74, 6) is 0.333. The summed E-state index contributed by atoms with van der Waals surface area (Å²) in [4.78, 5) is 12.5. The average Bonchev–Trinajstić information content (AvgIpc) is 2.91. The van der Waals surface area contributed by atoms with Crippen LogP contribution in [0.5, 0.6) is 5.75 Å². The van der Waals surface area contributed by atoms with E-state index in [2.05, 4.69) is 21.2 Å². The predicted octanol–water partition coefficient (Wildman–Crippen LogP) is 4.24. The lowest BCUT2D eigenvalue weighted by Gasteiger charge is -2.06. The summed E-state index contributed by atoms with van der Waals surface area (Å²) in [5.41, 5.74) is 0. The molecule has 112 valence electrons. The standard InChI is InChI=1S/C15H15BrFNO2S/c16-14-8-7-13(21-14)15(19)18-9-1-2-10-20-12-5-3-11(17)4-6-12/h3-8H,1-2,9-10H2,(H,18,19). The number of carbonyl (C=O) groups excluding carboxylic acids is 1. The fourth-order valence-corrected chi connectivity index (χ4v) is 2.98. The Balaban J connectivity index is 1.58. The molecule has 0 radical (unpaired) electrons. The van der Waals surface area contributed by atoms with E-state index in [1.807, 2.05) is 6.07 Å². The molecule has 2 rings (SSSR count). The molecule has 0 atom stereocenters. The second-order valence-electron chi connectivity index (χ2n) is 4.37. The minimum absolute atomic E-state index is 0.0508. The minimum Gasteiger partial charge on any atom is -0.494 e. The van der Waals surface area contributed by atoms with Crippen LogP contribution in [0.15, 0.2) is 40.2 Å². The zero-order chi connectivity index (χ0) is 15.1. The number of hydrogen-bond donors (Lipinski definition) is 1. The Bertz CT molecular complexity index is 586. The maximum Gasteiger partial charge on any atom is 0.261 e. The molecule has 6 heteroatoms. The minimum atomic E-state index is -0.273. The fourth-order valence-electron chi connectivity index (χ4n) is 1.67. The van der Waals surface area contributed by atoms with Gasteiger partial charge >= 0.3 is 0 Å². The SMILES string of the molecule is O=C(NCCCCOc1ccc(F)cc1)c1ccc(Br)s1. The average molecular weight is 372 g/mol. The number of unbranched alkanes of at least 4 members (excludes halogenated alkanes) is 1. The number of rotatable bonds is 7. The summed E-state index contributed by atoms with van der Waals surface area (Å²) < 4.78 is 19.1. The van der Waals surface area contributed by atoms with E-state index >= 15 is 0 Å². The van der Waals surface area contributed by atoms with Crippen LogP contribution in [0.4, 0.5) is 4.39 Å². The van der Waals surface area contributed by atoms with E-state index in [1.165, 1.54) is 23.5 Å². The molecule has 3 nitrogen and oxygen atoms in total. The van der Waals surface area contributed by atoms with E-state index in [-0.39, 0.29) is 11.7 Å². The van der Waals surface area contributed by atoms with Gasteiger partial charge in [-0.1, -0.05) is 0 Å². The van der Waals surface area contributed by atoms with Crippen molar-refractivity contribution in [3.63, 3.8) is 0 Å². The van der Waals surface area contributed by atoms with Gasteiger partial charge < -0.3 is 10.1 Å². The quantitative estimate of drug-likeness (QED) is 0.739. The van der Waals surface area contributed by atoms with Crippen molar-refractivity contribution in [2.24, 2.45) is 0 Å². The molecule has 1 heterocycles. The van der Waals surface area contributed by atoms with Crippen molar-refractivity contribution in [1.82, 2.24) is 5.32 Å². The molecule has 0 saturated carbocycles. The Labute approximate surface area is 135 Å². The molecule has 0 aliphatic carbocycles. The molecule has 21 heavy (non-hydrogen) atoms. The summed E-state index contributed by atoms with van der Waals surface area (Å²) in [6.45, 7) is 1.16. The third-order valence-electron chi connectivity index (χ3n) is 2.74. The number of thiophene rings is 1. The molecule has 0 saturated heterocycles. The first-order chi connectivity index (χ1) is 10.1. The monoisotopic (exact) mass is 371 g/mol. The second-order valence-corrected chi connectivity index (χ2v) is 6.83. The molecule has 0 aliphatic rings. The highest BCUT2D eigenvalue weighted by Crippen LogP contribution is 2.21. The molecule has 1 amide bonds. The van der Waals surface area contributed by atoms with Gasteiger partial charge in [-0.15, -0.1) is 11.3 Å². The van der Waals surface area contributed by atoms with Gasteiger partial charge in [-0.25, -0.2) is 4.39 Å². The third kappa shape index (κ3) is 5.47. The predicted molar refractivity (Wildman–Crippen MR) is 85.5 cm³/mol. The number of nitrogens with one attached hydrogen (secondary N) is 1. The van der Waals surface area contributed by atoms with Gasteiger partial charge in [0.05, 0.1) is 15.3 Å². The molecular formula is C15H15BrFNO2S. The Morgan fingerprint density at radius 1 is 1.19 bits per heavy atom. The van der Waals surface area contributed by atoms with Gasteiger partial charge in [0.15, 0.2) is 0 Å². The molecule has 0 fully saturated rings. The maximum absolute atomic E-state index is 12.7. The van der Waals surface area contributed by atoms with Crippen LogP contribution < -0.4 is 10.1 Å². The number of carbonyl (C=O) groups is 1. The first-order valence-electron chi connectivity index (χ1n) is 6.57. The molecule has 1 aromatic heterocycles. The van der Waals surface area contributed by atoms with E-state index in [9.17, 15) is 9.18 Å². The van der Waals surface area contributed by atoms with Gasteiger partial charge in [-0.3, -0.25) is 4.79 Å². The van der Waals surface area contributed by atoms with Crippen molar-refractivity contribution in [3.8, 4) is 5.75 Å². The second kappa shape index (κ2) is 8.14. The highest BCUT2D eigenvalue weighted by atomic mass is 79.9. The van der Waals surface area contributed by atoms with Crippen molar-refractivity contribution >= 4 is 33.2 Å². The highest BCUT2D eigenvalue weighted by Gasteiger charge is 2.07. The van der Waals surface area contributed by atoms with Gasteiger partial charge in [0, 0.05) is 6.54 Å². The molecular weight excluding hydrogens is 357 g/mol. The number of ether oxygens (including phenoxy) is 1. The van der Waals surface area contributed by atoms with E-state index in [0.717, 1.165) is 16.6 Å². The summed E-state index contributed by atoms with van der Waals surface area (Å²) in [6, 6.07) is 9.60. The Morgan fingerprint density at radius 3 is 2.62 bits per heavy atom. The van der Waals surface area contributed by atoms with E-state index in [0.29, 0.717) is 23.8 Å². The van der Waals surface area contributed by atoms with Crippen LogP contribution in [-0.2, 0) is 0 Å². The Hall–Kier alpha value is -1.40. The van der Waals surface area contributed by atoms with E-state index in [1.54, 1.807) is 18.2 Å². The Morgan fingerprint density at radius 2 is 1.95 bits per heavy atom. The van der Waals surface area contributed by atoms with Crippen molar-refractivity contribution in [2.75, 3.05) is 13.2 Å². The van der Waals surface area contributed by atoms with Crippen LogP contribution >= 0.6 is 27.3 Å². The maximum atomic E-state index is 12.7. The lowest BCUT2D eigenvalue weighted by molar-refractivity contribution is 0.0956. The van der Waals surface area contributed by atoms with Crippen molar-refractivity contribution in [2.45, 2.75) is 12.8 Å². The summed E-state index contributed by atoms with van der Waals surface area (Å²) >= 11 is 4.74. The first kappa shape index (κ1) is 16.0. The van der Waals surface area contributed by atoms with Gasteiger partial charge in [-0.2, -0.15) is 0 Å². The lowest BCUT2D eigenvalue weighted by atomic mass is 10.3. The summed E-state index contributed by atoms with van der Waals surface area (Å²) in [7, 11) is 0. The van der Waals surface area contributed by atoms with E-state index in [4.69, 9.17) is 4.74 Å². The molecule has 0 aliphatic heterocycles. The number of amides is 1. The molecule has 0 spiro atoms. The molecule has 2 aromatic rings. The van der Waals surface area contributed by atoms with Crippen LogP contribution in [-0.4, -0.2) is 19.1 Å². The van der Waals surface area contributed by atoms with Gasteiger partial charge in [-0.05, 0) is 65.2 Å². The van der Waals surface area contributed by atoms with Gasteiger partial charge in [0.25, 0.3) is 5.91 Å². The van der Waals surface area contributed by atoms with Gasteiger partial charge in [0.2, 0.25) is 0 Å². The molecule has 0 bridgehead atoms. The largest absolute Gasteiger partial charge is 0.494 e. The first-order valence-corrected chi connectivity index (χ1v) is 8.18. The van der Waals surface area contributed by atoms with Crippen LogP contribution in [0.25, 0.3) is 0 Å². The molecule has 1 aromatic carbocycles. The van der Waals surface area contributed by atoms with Crippen LogP contribution in [0.3, 0.4) is 0 Å². The van der Waals surface area contributed by atoms with Crippen molar-refractivity contribution < 1.29 is 13.9 Å². The van der Waals surface area contributed by atoms with E-state index < -0.39 is 0 Å². The van der Waals surface area contributed by atoms with Gasteiger partial charge in [0.1, 0.15) is 11.6 Å². The number of halogens is 2. The van der Waals surface area contributed by atoms with Crippen molar-refractivity contribution in [1.29, 1.82) is 0 Å². The van der Waals surface area contributed by atoms with Crippen molar-refractivity contribution in [3.05, 3.63) is 50.9 Å². The number of hydrogen-bond acceptors (Lipinski definition) is 3. The Kier molecular flexibility index (Phi) is 6.20. The normalized spacial score (nSPS) is 10.4. The third-order valence-corrected chi connectivity index (χ3v) is 4.36. The zero-order valence-electron chi connectivity index (χ0n) is 11.3. The molecule has 0 unspecified atom stereocenters. The highest BCUT2D eigenvalue weighted by molar-refractivity contribution is 9.11. The fraction of sp³-hybridized carbons (Fsp3) is 0.267.